The fraction of sp³-hybridized carbons (Fsp3) is 0.417. The van der Waals surface area contributed by atoms with Crippen LogP contribution in [0.3, 0.4) is 0 Å². The van der Waals surface area contributed by atoms with Gasteiger partial charge >= 0.3 is 0 Å². The van der Waals surface area contributed by atoms with E-state index in [1.54, 1.807) is 25.3 Å². The molecule has 0 spiro atoms. The van der Waals surface area contributed by atoms with Crippen LogP contribution in [0.1, 0.15) is 36.0 Å². The molecule has 1 aliphatic carbocycles. The second kappa shape index (κ2) is 15.2. The molecule has 4 unspecified atom stereocenters. The van der Waals surface area contributed by atoms with Crippen LogP contribution in [0.25, 0.3) is 0 Å². The zero-order chi connectivity index (χ0) is 32.7. The number of benzene rings is 2. The Balaban J connectivity index is 1.29. The summed E-state index contributed by atoms with van der Waals surface area (Å²) in [6, 6.07) is 12.6. The zero-order valence-electron chi connectivity index (χ0n) is 26.3. The summed E-state index contributed by atoms with van der Waals surface area (Å²) in [6.45, 7) is 6.90. The van der Waals surface area contributed by atoms with E-state index in [4.69, 9.17) is 11.6 Å². The Bertz CT molecular complexity index is 1490. The second-order valence-electron chi connectivity index (χ2n) is 12.4. The van der Waals surface area contributed by atoms with E-state index in [-0.39, 0.29) is 36.0 Å². The van der Waals surface area contributed by atoms with Crippen molar-refractivity contribution in [3.8, 4) is 0 Å². The van der Waals surface area contributed by atoms with Crippen molar-refractivity contribution in [3.63, 3.8) is 0 Å². The van der Waals surface area contributed by atoms with Gasteiger partial charge in [-0.2, -0.15) is 0 Å². The van der Waals surface area contributed by atoms with Gasteiger partial charge in [-0.15, -0.1) is 6.58 Å². The van der Waals surface area contributed by atoms with Gasteiger partial charge in [0.25, 0.3) is 0 Å². The molecule has 0 saturated carbocycles. The maximum Gasteiger partial charge on any atom is 0.245 e. The lowest BCUT2D eigenvalue weighted by molar-refractivity contribution is -0.141. The number of carbonyl (C=O) groups is 3. The first kappa shape index (κ1) is 33.6. The Kier molecular flexibility index (Phi) is 11.1. The molecule has 2 heterocycles. The van der Waals surface area contributed by atoms with Crippen LogP contribution in [0.2, 0.25) is 0 Å². The number of carbonyl (C=O) groups excluding carboxylic acids is 3. The van der Waals surface area contributed by atoms with E-state index < -0.39 is 17.5 Å². The van der Waals surface area contributed by atoms with Gasteiger partial charge in [0, 0.05) is 50.7 Å². The van der Waals surface area contributed by atoms with E-state index in [2.05, 4.69) is 27.4 Å². The van der Waals surface area contributed by atoms with Crippen LogP contribution in [0.5, 0.6) is 0 Å². The molecule has 0 radical (unpaired) electrons. The minimum Gasteiger partial charge on any atom is -0.358 e. The molecule has 3 N–H and O–H groups in total. The molecule has 2 aliphatic heterocycles. The first-order chi connectivity index (χ1) is 22.2. The average Bonchev–Trinajstić information content (AvgIpc) is 3.08. The topological polar surface area (TPSA) is 93.8 Å². The molecule has 46 heavy (non-hydrogen) atoms. The Hall–Kier alpha value is -3.79. The molecule has 5 rings (SSSR count). The first-order valence-electron chi connectivity index (χ1n) is 16.0. The van der Waals surface area contributed by atoms with Crippen LogP contribution in [0, 0.1) is 11.2 Å². The van der Waals surface area contributed by atoms with E-state index in [0.717, 1.165) is 16.7 Å². The number of piperazine rings is 1. The monoisotopic (exact) mass is 647 g/mol. The van der Waals surface area contributed by atoms with Gasteiger partial charge in [-0.1, -0.05) is 66.2 Å². The summed E-state index contributed by atoms with van der Waals surface area (Å²) in [5, 5.41) is 9.80. The van der Waals surface area contributed by atoms with Crippen LogP contribution in [-0.4, -0.2) is 78.9 Å². The number of hydrogen-bond acceptors (Lipinski definition) is 5. The van der Waals surface area contributed by atoms with E-state index in [9.17, 15) is 18.8 Å². The third-order valence-electron chi connectivity index (χ3n) is 9.43. The van der Waals surface area contributed by atoms with Gasteiger partial charge in [-0.05, 0) is 67.1 Å². The summed E-state index contributed by atoms with van der Waals surface area (Å²) in [5.41, 5.74) is 2.37. The number of nitrogens with one attached hydrogen (secondary N) is 3. The summed E-state index contributed by atoms with van der Waals surface area (Å²) in [6.07, 6.45) is 9.88. The van der Waals surface area contributed by atoms with Gasteiger partial charge in [0.1, 0.15) is 11.9 Å². The first-order valence-corrected chi connectivity index (χ1v) is 16.3. The summed E-state index contributed by atoms with van der Waals surface area (Å²) >= 11 is 6.16. The Labute approximate surface area is 275 Å². The van der Waals surface area contributed by atoms with Crippen LogP contribution in [-0.2, 0) is 33.8 Å². The van der Waals surface area contributed by atoms with Crippen LogP contribution < -0.4 is 16.0 Å². The van der Waals surface area contributed by atoms with Crippen LogP contribution >= 0.6 is 11.6 Å². The Morgan fingerprint density at radius 3 is 2.61 bits per heavy atom. The molecular weight excluding hydrogens is 605 g/mol. The van der Waals surface area contributed by atoms with Gasteiger partial charge in [-0.25, -0.2) is 4.39 Å². The van der Waals surface area contributed by atoms with E-state index in [1.165, 1.54) is 12.1 Å². The van der Waals surface area contributed by atoms with Crippen molar-refractivity contribution in [1.82, 2.24) is 25.8 Å². The molecule has 8 nitrogen and oxygen atoms in total. The largest absolute Gasteiger partial charge is 0.358 e. The minimum absolute atomic E-state index is 0.0454. The standard InChI is InChI=1S/C36H43ClFN5O3/c1-3-6-30-24-42(18-17-36(35(46)39-2)15-13-28(37)14-16-36)19-20-43(30)34(45)32(21-25-9-11-29(38)12-10-25)41-33(44)31-22-26-7-4-5-8-27(26)23-40-31/h3-5,7-15,30-32,40H,1,6,16-24H2,2H3,(H,39,46)(H,41,44). The maximum absolute atomic E-state index is 14.3. The number of amides is 3. The van der Waals surface area contributed by atoms with E-state index >= 15 is 0 Å². The predicted molar refractivity (Wildman–Crippen MR) is 178 cm³/mol. The zero-order valence-corrected chi connectivity index (χ0v) is 27.1. The molecule has 3 amide bonds. The highest BCUT2D eigenvalue weighted by atomic mass is 35.5. The lowest BCUT2D eigenvalue weighted by Gasteiger charge is -2.43. The van der Waals surface area contributed by atoms with E-state index in [1.807, 2.05) is 47.4 Å². The Morgan fingerprint density at radius 1 is 1.15 bits per heavy atom. The smallest absolute Gasteiger partial charge is 0.245 e. The fourth-order valence-corrected chi connectivity index (χ4v) is 6.84. The van der Waals surface area contributed by atoms with Gasteiger partial charge in [-0.3, -0.25) is 19.3 Å². The highest BCUT2D eigenvalue weighted by Crippen LogP contribution is 2.35. The molecule has 0 aromatic heterocycles. The average molecular weight is 648 g/mol. The van der Waals surface area contributed by atoms with Gasteiger partial charge in [0.2, 0.25) is 17.7 Å². The molecule has 4 atom stereocenters. The summed E-state index contributed by atoms with van der Waals surface area (Å²) in [7, 11) is 1.65. The fourth-order valence-electron chi connectivity index (χ4n) is 6.70. The number of rotatable bonds is 11. The second-order valence-corrected chi connectivity index (χ2v) is 12.9. The summed E-state index contributed by atoms with van der Waals surface area (Å²) < 4.78 is 13.7. The third kappa shape index (κ3) is 7.94. The molecule has 2 aromatic rings. The summed E-state index contributed by atoms with van der Waals surface area (Å²) in [4.78, 5) is 44.9. The lowest BCUT2D eigenvalue weighted by atomic mass is 9.77. The minimum atomic E-state index is -0.823. The molecule has 1 saturated heterocycles. The van der Waals surface area contributed by atoms with Crippen molar-refractivity contribution >= 4 is 29.3 Å². The van der Waals surface area contributed by atoms with Crippen molar-refractivity contribution in [2.45, 2.75) is 56.8 Å². The molecule has 0 bridgehead atoms. The summed E-state index contributed by atoms with van der Waals surface area (Å²) in [5.74, 6) is -0.805. The normalized spacial score (nSPS) is 23.5. The highest BCUT2D eigenvalue weighted by Gasteiger charge is 2.39. The molecular formula is C36H43ClFN5O3. The van der Waals surface area contributed by atoms with Gasteiger partial charge < -0.3 is 20.9 Å². The molecule has 10 heteroatoms. The molecule has 2 aromatic carbocycles. The van der Waals surface area contributed by atoms with Crippen LogP contribution in [0.4, 0.5) is 4.39 Å². The predicted octanol–water partition coefficient (Wildman–Crippen LogP) is 3.86. The lowest BCUT2D eigenvalue weighted by Crippen LogP contribution is -2.61. The van der Waals surface area contributed by atoms with Crippen LogP contribution in [0.15, 0.2) is 84.4 Å². The highest BCUT2D eigenvalue weighted by molar-refractivity contribution is 6.31. The SMILES string of the molecule is C=CCC1CN(CCC2(C(=O)NC)C=CC(Cl)=CC2)CCN1C(=O)C(Cc1ccc(F)cc1)NC(=O)C1Cc2ccccc2CN1. The van der Waals surface area contributed by atoms with Crippen molar-refractivity contribution in [3.05, 3.63) is 107 Å². The van der Waals surface area contributed by atoms with E-state index in [0.29, 0.717) is 63.4 Å². The number of halogens is 2. The number of hydrogen-bond donors (Lipinski definition) is 3. The number of fused-ring (bicyclic) bond motifs is 1. The van der Waals surface area contributed by atoms with Crippen molar-refractivity contribution in [1.29, 1.82) is 0 Å². The molecule has 1 fully saturated rings. The van der Waals surface area contributed by atoms with Crippen molar-refractivity contribution < 1.29 is 18.8 Å². The Morgan fingerprint density at radius 2 is 1.91 bits per heavy atom. The number of nitrogens with zero attached hydrogens (tertiary/aromatic N) is 2. The maximum atomic E-state index is 14.3. The van der Waals surface area contributed by atoms with Crippen molar-refractivity contribution in [2.75, 3.05) is 33.2 Å². The third-order valence-corrected chi connectivity index (χ3v) is 9.71. The van der Waals surface area contributed by atoms with Gasteiger partial charge in [0.05, 0.1) is 11.5 Å². The van der Waals surface area contributed by atoms with Gasteiger partial charge in [0.15, 0.2) is 0 Å². The molecule has 244 valence electrons. The quantitative estimate of drug-likeness (QED) is 0.322. The molecule has 3 aliphatic rings. The van der Waals surface area contributed by atoms with Crippen molar-refractivity contribution in [2.24, 2.45) is 5.41 Å². The number of allylic oxidation sites excluding steroid dienone is 3.